The number of hydrogen-bond donors (Lipinski definition) is 1. The van der Waals surface area contributed by atoms with Crippen molar-refractivity contribution >= 4 is 29.0 Å². The molecule has 4 rings (SSSR count). The van der Waals surface area contributed by atoms with Gasteiger partial charge in [0.05, 0.1) is 18.0 Å². The van der Waals surface area contributed by atoms with Gasteiger partial charge in [-0.1, -0.05) is 43.0 Å². The van der Waals surface area contributed by atoms with E-state index in [2.05, 4.69) is 15.5 Å². The molecule has 1 amide bonds. The van der Waals surface area contributed by atoms with Crippen LogP contribution >= 0.6 is 11.8 Å². The summed E-state index contributed by atoms with van der Waals surface area (Å²) < 4.78 is 8.37. The highest BCUT2D eigenvalue weighted by Crippen LogP contribution is 2.27. The number of nitrogens with zero attached hydrogens (tertiary/aromatic N) is 4. The van der Waals surface area contributed by atoms with Crippen molar-refractivity contribution in [2.24, 2.45) is 0 Å². The molecule has 4 aromatic rings. The van der Waals surface area contributed by atoms with Gasteiger partial charge >= 0.3 is 5.56 Å². The molecule has 0 unspecified atom stereocenters. The van der Waals surface area contributed by atoms with Crippen molar-refractivity contribution in [3.8, 4) is 11.4 Å². The molecule has 0 spiro atoms. The summed E-state index contributed by atoms with van der Waals surface area (Å²) in [5.74, 6) is 0.541. The normalized spacial score (nSPS) is 12.0. The summed E-state index contributed by atoms with van der Waals surface area (Å²) >= 11 is 1.29. The first-order valence-electron chi connectivity index (χ1n) is 10.6. The predicted octanol–water partition coefficient (Wildman–Crippen LogP) is 4.02. The Morgan fingerprint density at radius 3 is 2.55 bits per heavy atom. The summed E-state index contributed by atoms with van der Waals surface area (Å²) in [6.07, 6.45) is 3.99. The van der Waals surface area contributed by atoms with Crippen LogP contribution in [0.15, 0.2) is 64.8 Å². The van der Waals surface area contributed by atoms with Crippen LogP contribution in [-0.4, -0.2) is 37.4 Å². The highest BCUT2D eigenvalue weighted by atomic mass is 32.2. The summed E-state index contributed by atoms with van der Waals surface area (Å²) in [7, 11) is 1.58. The molecule has 8 nitrogen and oxygen atoms in total. The first-order valence-corrected chi connectivity index (χ1v) is 11.5. The van der Waals surface area contributed by atoms with Gasteiger partial charge in [0.15, 0.2) is 5.16 Å². The first kappa shape index (κ1) is 22.6. The van der Waals surface area contributed by atoms with Gasteiger partial charge in [0.25, 0.3) is 0 Å². The number of ether oxygens (including phenoxy) is 1. The zero-order valence-corrected chi connectivity index (χ0v) is 19.7. The van der Waals surface area contributed by atoms with Crippen molar-refractivity contribution in [3.63, 3.8) is 0 Å². The Balaban J connectivity index is 1.61. The molecule has 0 aliphatic heterocycles. The van der Waals surface area contributed by atoms with E-state index in [1.54, 1.807) is 30.0 Å². The number of para-hydroxylation sites is 1. The zero-order chi connectivity index (χ0) is 23.5. The lowest BCUT2D eigenvalue weighted by molar-refractivity contribution is -0.115. The molecule has 0 saturated heterocycles. The van der Waals surface area contributed by atoms with Crippen LogP contribution in [0.5, 0.6) is 5.75 Å². The van der Waals surface area contributed by atoms with E-state index in [1.807, 2.05) is 57.2 Å². The van der Waals surface area contributed by atoms with Crippen LogP contribution in [0.25, 0.3) is 11.3 Å². The van der Waals surface area contributed by atoms with Gasteiger partial charge in [-0.3, -0.25) is 18.6 Å². The molecule has 0 radical (unpaired) electrons. The first-order chi connectivity index (χ1) is 15.9. The summed E-state index contributed by atoms with van der Waals surface area (Å²) in [6, 6.07) is 13.1. The van der Waals surface area contributed by atoms with E-state index >= 15 is 0 Å². The van der Waals surface area contributed by atoms with E-state index < -0.39 is 5.25 Å². The van der Waals surface area contributed by atoms with Crippen LogP contribution in [0.3, 0.4) is 0 Å². The van der Waals surface area contributed by atoms with Gasteiger partial charge in [-0.25, -0.2) is 0 Å². The fourth-order valence-corrected chi connectivity index (χ4v) is 4.51. The predicted molar refractivity (Wildman–Crippen MR) is 130 cm³/mol. The lowest BCUT2D eigenvalue weighted by Gasteiger charge is -2.16. The van der Waals surface area contributed by atoms with E-state index in [9.17, 15) is 9.59 Å². The van der Waals surface area contributed by atoms with Gasteiger partial charge in [-0.05, 0) is 43.5 Å². The third-order valence-corrected chi connectivity index (χ3v) is 6.73. The number of nitrogens with one attached hydrogen (secondary N) is 1. The third-order valence-electron chi connectivity index (χ3n) is 5.41. The molecule has 170 valence electrons. The average molecular weight is 464 g/mol. The number of benzene rings is 2. The molecular formula is C24H25N5O3S. The maximum atomic E-state index is 13.1. The van der Waals surface area contributed by atoms with Crippen LogP contribution in [0.1, 0.15) is 24.5 Å². The molecule has 0 fully saturated rings. The lowest BCUT2D eigenvalue weighted by Crippen LogP contribution is -2.26. The molecule has 33 heavy (non-hydrogen) atoms. The van der Waals surface area contributed by atoms with Crippen LogP contribution in [0.4, 0.5) is 5.69 Å². The van der Waals surface area contributed by atoms with Gasteiger partial charge in [0.1, 0.15) is 5.75 Å². The molecule has 2 heterocycles. The van der Waals surface area contributed by atoms with Crippen molar-refractivity contribution in [1.82, 2.24) is 19.2 Å². The maximum absolute atomic E-state index is 13.1. The molecule has 9 heteroatoms. The number of carbonyl (C=O) groups is 1. The highest BCUT2D eigenvalue weighted by molar-refractivity contribution is 8.00. The SMILES string of the molecule is CC[C@@H](Sc1nnc2c(=O)n(-c3cccc(OC)c3)ccn12)C(=O)Nc1c(C)cccc1C. The maximum Gasteiger partial charge on any atom is 0.300 e. The van der Waals surface area contributed by atoms with E-state index in [4.69, 9.17) is 4.74 Å². The second-order valence-corrected chi connectivity index (χ2v) is 8.79. The van der Waals surface area contributed by atoms with Gasteiger partial charge < -0.3 is 10.1 Å². The monoisotopic (exact) mass is 463 g/mol. The minimum Gasteiger partial charge on any atom is -0.497 e. The van der Waals surface area contributed by atoms with Gasteiger partial charge in [-0.2, -0.15) is 0 Å². The minimum atomic E-state index is -0.391. The highest BCUT2D eigenvalue weighted by Gasteiger charge is 2.23. The number of anilines is 1. The Labute approximate surface area is 195 Å². The quantitative estimate of drug-likeness (QED) is 0.417. The number of carbonyl (C=O) groups excluding carboxylic acids is 1. The Kier molecular flexibility index (Phi) is 6.50. The average Bonchev–Trinajstić information content (AvgIpc) is 3.23. The lowest BCUT2D eigenvalue weighted by atomic mass is 10.1. The van der Waals surface area contributed by atoms with Crippen molar-refractivity contribution in [1.29, 1.82) is 0 Å². The number of amides is 1. The fraction of sp³-hybridized carbons (Fsp3) is 0.250. The zero-order valence-electron chi connectivity index (χ0n) is 18.9. The number of aromatic nitrogens is 4. The molecule has 0 aliphatic rings. The summed E-state index contributed by atoms with van der Waals surface area (Å²) in [5.41, 5.74) is 3.39. The van der Waals surface area contributed by atoms with E-state index in [1.165, 1.54) is 16.3 Å². The van der Waals surface area contributed by atoms with Gasteiger partial charge in [0.2, 0.25) is 11.6 Å². The van der Waals surface area contributed by atoms with E-state index in [0.29, 0.717) is 23.0 Å². The second-order valence-electron chi connectivity index (χ2n) is 7.62. The van der Waals surface area contributed by atoms with Crippen LogP contribution in [0, 0.1) is 13.8 Å². The largest absolute Gasteiger partial charge is 0.497 e. The molecular weight excluding hydrogens is 438 g/mol. The summed E-state index contributed by atoms with van der Waals surface area (Å²) in [6.45, 7) is 5.88. The molecule has 1 N–H and O–H groups in total. The number of thioether (sulfide) groups is 1. The van der Waals surface area contributed by atoms with Crippen molar-refractivity contribution in [2.75, 3.05) is 12.4 Å². The van der Waals surface area contributed by atoms with E-state index in [-0.39, 0.29) is 17.1 Å². The van der Waals surface area contributed by atoms with Crippen molar-refractivity contribution in [2.45, 2.75) is 37.6 Å². The Morgan fingerprint density at radius 1 is 1.12 bits per heavy atom. The van der Waals surface area contributed by atoms with Crippen LogP contribution in [0.2, 0.25) is 0 Å². The van der Waals surface area contributed by atoms with Crippen molar-refractivity contribution in [3.05, 3.63) is 76.3 Å². The molecule has 0 bridgehead atoms. The Bertz CT molecular complexity index is 1360. The third kappa shape index (κ3) is 4.49. The number of aryl methyl sites for hydroxylation is 2. The molecule has 0 saturated carbocycles. The summed E-state index contributed by atoms with van der Waals surface area (Å²) in [5, 5.41) is 11.4. The Morgan fingerprint density at radius 2 is 1.85 bits per heavy atom. The second kappa shape index (κ2) is 9.50. The molecule has 0 aliphatic carbocycles. The van der Waals surface area contributed by atoms with Crippen molar-refractivity contribution < 1.29 is 9.53 Å². The van der Waals surface area contributed by atoms with E-state index in [0.717, 1.165) is 16.8 Å². The molecule has 2 aromatic carbocycles. The van der Waals surface area contributed by atoms with Gasteiger partial charge in [-0.15, -0.1) is 10.2 Å². The topological polar surface area (TPSA) is 90.5 Å². The minimum absolute atomic E-state index is 0.110. The van der Waals surface area contributed by atoms with Gasteiger partial charge in [0, 0.05) is 24.1 Å². The number of rotatable bonds is 7. The Hall–Kier alpha value is -3.59. The number of methoxy groups -OCH3 is 1. The molecule has 1 atom stereocenters. The fourth-order valence-electron chi connectivity index (χ4n) is 3.57. The van der Waals surface area contributed by atoms with Crippen LogP contribution < -0.4 is 15.6 Å². The smallest absolute Gasteiger partial charge is 0.300 e. The number of fused-ring (bicyclic) bond motifs is 1. The summed E-state index contributed by atoms with van der Waals surface area (Å²) in [4.78, 5) is 26.1. The molecule has 2 aromatic heterocycles. The number of hydrogen-bond acceptors (Lipinski definition) is 6. The standard InChI is InChI=1S/C24H25N5O3S/c1-5-19(22(30)25-20-15(2)8-6-9-16(20)3)33-24-27-26-21-23(31)28(12-13-29(21)24)17-10-7-11-18(14-17)32-4/h6-14,19H,5H2,1-4H3,(H,25,30)/t19-/m1/s1. The van der Waals surface area contributed by atoms with Crippen LogP contribution in [-0.2, 0) is 4.79 Å².